The van der Waals surface area contributed by atoms with Gasteiger partial charge in [-0.2, -0.15) is 0 Å². The van der Waals surface area contributed by atoms with Crippen LogP contribution in [0.25, 0.3) is 0 Å². The molecule has 1 aliphatic rings. The van der Waals surface area contributed by atoms with E-state index >= 15 is 0 Å². The lowest BCUT2D eigenvalue weighted by atomic mass is 9.96. The SMILES string of the molecule is CCC(N)Cc1cccc(F)c1N1CCCC(COC)C1. The smallest absolute Gasteiger partial charge is 0.146 e. The van der Waals surface area contributed by atoms with Crippen LogP contribution in [0.15, 0.2) is 18.2 Å². The molecule has 21 heavy (non-hydrogen) atoms. The van der Waals surface area contributed by atoms with Gasteiger partial charge in [0.15, 0.2) is 0 Å². The molecule has 0 bridgehead atoms. The quantitative estimate of drug-likeness (QED) is 0.876. The van der Waals surface area contributed by atoms with E-state index in [9.17, 15) is 4.39 Å². The highest BCUT2D eigenvalue weighted by Crippen LogP contribution is 2.30. The van der Waals surface area contributed by atoms with E-state index in [-0.39, 0.29) is 11.9 Å². The molecule has 1 aliphatic heterocycles. The van der Waals surface area contributed by atoms with Crippen molar-refractivity contribution in [2.45, 2.75) is 38.6 Å². The zero-order valence-corrected chi connectivity index (χ0v) is 13.1. The van der Waals surface area contributed by atoms with Crippen LogP contribution in [0.4, 0.5) is 10.1 Å². The molecule has 0 aliphatic carbocycles. The van der Waals surface area contributed by atoms with Crippen LogP contribution in [0.2, 0.25) is 0 Å². The van der Waals surface area contributed by atoms with Crippen LogP contribution in [-0.2, 0) is 11.2 Å². The summed E-state index contributed by atoms with van der Waals surface area (Å²) >= 11 is 0. The fourth-order valence-electron chi connectivity index (χ4n) is 3.15. The molecule has 1 saturated heterocycles. The molecule has 0 spiro atoms. The lowest BCUT2D eigenvalue weighted by Crippen LogP contribution is -2.38. The number of nitrogens with zero attached hydrogens (tertiary/aromatic N) is 1. The fraction of sp³-hybridized carbons (Fsp3) is 0.647. The Morgan fingerprint density at radius 3 is 3.00 bits per heavy atom. The predicted octanol–water partition coefficient (Wildman–Crippen LogP) is 2.97. The third-order valence-electron chi connectivity index (χ3n) is 4.31. The van der Waals surface area contributed by atoms with E-state index in [4.69, 9.17) is 10.5 Å². The Bertz CT molecular complexity index is 450. The van der Waals surface area contributed by atoms with Crippen LogP contribution in [0, 0.1) is 11.7 Å². The van der Waals surface area contributed by atoms with Crippen LogP contribution in [0.5, 0.6) is 0 Å². The van der Waals surface area contributed by atoms with Crippen molar-refractivity contribution >= 4 is 5.69 Å². The van der Waals surface area contributed by atoms with Crippen LogP contribution in [0.1, 0.15) is 31.7 Å². The number of para-hydroxylation sites is 1. The Hall–Kier alpha value is -1.13. The minimum Gasteiger partial charge on any atom is -0.384 e. The summed E-state index contributed by atoms with van der Waals surface area (Å²) in [5, 5.41) is 0. The minimum absolute atomic E-state index is 0.0881. The van der Waals surface area contributed by atoms with Crippen molar-refractivity contribution in [3.8, 4) is 0 Å². The molecule has 2 atom stereocenters. The Labute approximate surface area is 127 Å². The van der Waals surface area contributed by atoms with Crippen LogP contribution >= 0.6 is 0 Å². The standard InChI is InChI=1S/C17H27FN2O/c1-3-15(19)10-14-7-4-8-16(18)17(14)20-9-5-6-13(11-20)12-21-2/h4,7-8,13,15H,3,5-6,9-12,19H2,1-2H3. The van der Waals surface area contributed by atoms with E-state index in [1.54, 1.807) is 19.2 Å². The van der Waals surface area contributed by atoms with Gasteiger partial charge in [-0.25, -0.2) is 4.39 Å². The molecule has 1 heterocycles. The van der Waals surface area contributed by atoms with Gasteiger partial charge in [-0.15, -0.1) is 0 Å². The topological polar surface area (TPSA) is 38.5 Å². The van der Waals surface area contributed by atoms with Gasteiger partial charge in [0.05, 0.1) is 12.3 Å². The van der Waals surface area contributed by atoms with Gasteiger partial charge in [0.1, 0.15) is 5.82 Å². The second kappa shape index (κ2) is 7.76. The van der Waals surface area contributed by atoms with Gasteiger partial charge in [0.2, 0.25) is 0 Å². The minimum atomic E-state index is -0.131. The highest BCUT2D eigenvalue weighted by Gasteiger charge is 2.24. The average Bonchev–Trinajstić information content (AvgIpc) is 2.48. The summed E-state index contributed by atoms with van der Waals surface area (Å²) in [5.41, 5.74) is 7.85. The van der Waals surface area contributed by atoms with Crippen LogP contribution in [-0.4, -0.2) is 32.8 Å². The van der Waals surface area contributed by atoms with E-state index in [0.717, 1.165) is 56.6 Å². The third-order valence-corrected chi connectivity index (χ3v) is 4.31. The summed E-state index contributed by atoms with van der Waals surface area (Å²) in [7, 11) is 1.73. The fourth-order valence-corrected chi connectivity index (χ4v) is 3.15. The van der Waals surface area contributed by atoms with Gasteiger partial charge in [-0.05, 0) is 43.2 Å². The number of hydrogen-bond acceptors (Lipinski definition) is 3. The van der Waals surface area contributed by atoms with Gasteiger partial charge in [0.25, 0.3) is 0 Å². The molecular weight excluding hydrogens is 267 g/mol. The summed E-state index contributed by atoms with van der Waals surface area (Å²) < 4.78 is 19.7. The number of anilines is 1. The van der Waals surface area contributed by atoms with Crippen molar-refractivity contribution in [2.75, 3.05) is 31.7 Å². The molecule has 0 aromatic heterocycles. The average molecular weight is 294 g/mol. The highest BCUT2D eigenvalue weighted by atomic mass is 19.1. The van der Waals surface area contributed by atoms with Gasteiger partial charge in [-0.3, -0.25) is 0 Å². The molecular formula is C17H27FN2O. The first kappa shape index (κ1) is 16.2. The molecule has 118 valence electrons. The lowest BCUT2D eigenvalue weighted by Gasteiger charge is -2.35. The largest absolute Gasteiger partial charge is 0.384 e. The van der Waals surface area contributed by atoms with Crippen molar-refractivity contribution in [3.63, 3.8) is 0 Å². The molecule has 3 nitrogen and oxygen atoms in total. The van der Waals surface area contributed by atoms with E-state index in [1.165, 1.54) is 0 Å². The number of methoxy groups -OCH3 is 1. The van der Waals surface area contributed by atoms with Gasteiger partial charge in [0, 0.05) is 26.2 Å². The number of hydrogen-bond donors (Lipinski definition) is 1. The first-order chi connectivity index (χ1) is 10.2. The van der Waals surface area contributed by atoms with Crippen molar-refractivity contribution in [3.05, 3.63) is 29.6 Å². The number of rotatable bonds is 6. The summed E-state index contributed by atoms with van der Waals surface area (Å²) in [6.45, 7) is 4.59. The third kappa shape index (κ3) is 4.17. The summed E-state index contributed by atoms with van der Waals surface area (Å²) in [6, 6.07) is 5.43. The molecule has 2 rings (SSSR count). The second-order valence-corrected chi connectivity index (χ2v) is 6.03. The second-order valence-electron chi connectivity index (χ2n) is 6.03. The highest BCUT2D eigenvalue weighted by molar-refractivity contribution is 5.55. The van der Waals surface area contributed by atoms with Crippen LogP contribution in [0.3, 0.4) is 0 Å². The van der Waals surface area contributed by atoms with Crippen molar-refractivity contribution in [1.29, 1.82) is 0 Å². The Balaban J connectivity index is 2.20. The van der Waals surface area contributed by atoms with E-state index in [1.807, 2.05) is 6.07 Å². The maximum absolute atomic E-state index is 14.4. The zero-order valence-electron chi connectivity index (χ0n) is 13.1. The lowest BCUT2D eigenvalue weighted by molar-refractivity contribution is 0.143. The summed E-state index contributed by atoms with van der Waals surface area (Å²) in [5.74, 6) is 0.352. The van der Waals surface area contributed by atoms with E-state index in [0.29, 0.717) is 5.92 Å². The number of nitrogens with two attached hydrogens (primary N) is 1. The van der Waals surface area contributed by atoms with Crippen LogP contribution < -0.4 is 10.6 Å². The Kier molecular flexibility index (Phi) is 6.00. The summed E-state index contributed by atoms with van der Waals surface area (Å²) in [4.78, 5) is 2.18. The molecule has 0 saturated carbocycles. The first-order valence-electron chi connectivity index (χ1n) is 7.92. The Morgan fingerprint density at radius 1 is 1.48 bits per heavy atom. The number of piperidine rings is 1. The van der Waals surface area contributed by atoms with Crippen molar-refractivity contribution in [2.24, 2.45) is 11.7 Å². The molecule has 1 aromatic carbocycles. The Morgan fingerprint density at radius 2 is 2.29 bits per heavy atom. The molecule has 0 amide bonds. The van der Waals surface area contributed by atoms with Gasteiger partial charge >= 0.3 is 0 Å². The van der Waals surface area contributed by atoms with Crippen molar-refractivity contribution < 1.29 is 9.13 Å². The van der Waals surface area contributed by atoms with E-state index in [2.05, 4.69) is 11.8 Å². The molecule has 4 heteroatoms. The normalized spacial score (nSPS) is 20.6. The number of halogens is 1. The molecule has 2 unspecified atom stereocenters. The predicted molar refractivity (Wildman–Crippen MR) is 85.2 cm³/mol. The molecule has 0 radical (unpaired) electrons. The monoisotopic (exact) mass is 294 g/mol. The van der Waals surface area contributed by atoms with Gasteiger partial charge in [-0.1, -0.05) is 19.1 Å². The number of benzene rings is 1. The molecule has 1 aromatic rings. The summed E-state index contributed by atoms with van der Waals surface area (Å²) in [6.07, 6.45) is 3.88. The van der Waals surface area contributed by atoms with Crippen molar-refractivity contribution in [1.82, 2.24) is 0 Å². The number of ether oxygens (including phenoxy) is 1. The molecule has 2 N–H and O–H groups in total. The molecule has 1 fully saturated rings. The van der Waals surface area contributed by atoms with Gasteiger partial charge < -0.3 is 15.4 Å². The van der Waals surface area contributed by atoms with E-state index < -0.39 is 0 Å². The maximum atomic E-state index is 14.4. The zero-order chi connectivity index (χ0) is 15.2. The maximum Gasteiger partial charge on any atom is 0.146 e. The first-order valence-corrected chi connectivity index (χ1v) is 7.92.